The SMILES string of the molecule is NS(=O)(=O)c1ccc(CCNC(=O)c2ccc(/C=N\O)cc2)cc1. The zero-order valence-corrected chi connectivity index (χ0v) is 13.5. The Labute approximate surface area is 139 Å². The lowest BCUT2D eigenvalue weighted by Gasteiger charge is -2.06. The molecule has 4 N–H and O–H groups in total. The molecule has 126 valence electrons. The van der Waals surface area contributed by atoms with Crippen LogP contribution in [-0.4, -0.2) is 32.3 Å². The molecule has 0 bridgehead atoms. The smallest absolute Gasteiger partial charge is 0.251 e. The number of carbonyl (C=O) groups excluding carboxylic acids is 1. The summed E-state index contributed by atoms with van der Waals surface area (Å²) >= 11 is 0. The van der Waals surface area contributed by atoms with E-state index in [1.54, 1.807) is 36.4 Å². The van der Waals surface area contributed by atoms with E-state index in [0.717, 1.165) is 5.56 Å². The minimum atomic E-state index is -3.69. The molecule has 0 aliphatic carbocycles. The Hall–Kier alpha value is -2.71. The van der Waals surface area contributed by atoms with Crippen LogP contribution < -0.4 is 10.5 Å². The Balaban J connectivity index is 1.88. The highest BCUT2D eigenvalue weighted by Gasteiger charge is 2.07. The summed E-state index contributed by atoms with van der Waals surface area (Å²) in [6, 6.07) is 12.8. The molecule has 0 fully saturated rings. The number of carbonyl (C=O) groups is 1. The van der Waals surface area contributed by atoms with Gasteiger partial charge < -0.3 is 10.5 Å². The molecule has 0 saturated carbocycles. The summed E-state index contributed by atoms with van der Waals surface area (Å²) in [7, 11) is -3.69. The van der Waals surface area contributed by atoms with Crippen molar-refractivity contribution in [2.45, 2.75) is 11.3 Å². The van der Waals surface area contributed by atoms with E-state index in [-0.39, 0.29) is 10.8 Å². The van der Waals surface area contributed by atoms with Crippen molar-refractivity contribution in [3.63, 3.8) is 0 Å². The van der Waals surface area contributed by atoms with E-state index in [4.69, 9.17) is 10.3 Å². The van der Waals surface area contributed by atoms with Crippen LogP contribution >= 0.6 is 0 Å². The maximum Gasteiger partial charge on any atom is 0.251 e. The van der Waals surface area contributed by atoms with Crippen molar-refractivity contribution in [2.75, 3.05) is 6.54 Å². The molecule has 2 rings (SSSR count). The van der Waals surface area contributed by atoms with Crippen molar-refractivity contribution in [3.8, 4) is 0 Å². The molecule has 0 aliphatic rings. The topological polar surface area (TPSA) is 122 Å². The van der Waals surface area contributed by atoms with Gasteiger partial charge in [-0.25, -0.2) is 13.6 Å². The number of nitrogens with two attached hydrogens (primary N) is 1. The zero-order chi connectivity index (χ0) is 17.6. The molecule has 8 heteroatoms. The second-order valence-corrected chi connectivity index (χ2v) is 6.62. The van der Waals surface area contributed by atoms with Crippen LogP contribution in [0.4, 0.5) is 0 Å². The van der Waals surface area contributed by atoms with Gasteiger partial charge in [-0.15, -0.1) is 0 Å². The van der Waals surface area contributed by atoms with Gasteiger partial charge >= 0.3 is 0 Å². The monoisotopic (exact) mass is 347 g/mol. The third-order valence-electron chi connectivity index (χ3n) is 3.33. The number of hydrogen-bond donors (Lipinski definition) is 3. The van der Waals surface area contributed by atoms with Gasteiger partial charge in [-0.05, 0) is 41.8 Å². The summed E-state index contributed by atoms with van der Waals surface area (Å²) < 4.78 is 22.3. The van der Waals surface area contributed by atoms with Crippen molar-refractivity contribution in [1.82, 2.24) is 5.32 Å². The minimum Gasteiger partial charge on any atom is -0.411 e. The van der Waals surface area contributed by atoms with Gasteiger partial charge in [0, 0.05) is 12.1 Å². The average Bonchev–Trinajstić information content (AvgIpc) is 2.55. The summed E-state index contributed by atoms with van der Waals surface area (Å²) in [5, 5.41) is 19.2. The van der Waals surface area contributed by atoms with E-state index in [2.05, 4.69) is 10.5 Å². The molecule has 2 aromatic rings. The number of nitrogens with zero attached hydrogens (tertiary/aromatic N) is 1. The molecule has 2 aromatic carbocycles. The zero-order valence-electron chi connectivity index (χ0n) is 12.7. The molecule has 1 amide bonds. The van der Waals surface area contributed by atoms with Gasteiger partial charge in [0.05, 0.1) is 11.1 Å². The fraction of sp³-hybridized carbons (Fsp3) is 0.125. The second-order valence-electron chi connectivity index (χ2n) is 5.06. The molecule has 0 aliphatic heterocycles. The van der Waals surface area contributed by atoms with Gasteiger partial charge in [-0.1, -0.05) is 29.4 Å². The quantitative estimate of drug-likeness (QED) is 0.412. The number of oxime groups is 1. The normalized spacial score (nSPS) is 11.5. The highest BCUT2D eigenvalue weighted by atomic mass is 32.2. The van der Waals surface area contributed by atoms with Crippen LogP contribution in [0.5, 0.6) is 0 Å². The molecule has 24 heavy (non-hydrogen) atoms. The molecular weight excluding hydrogens is 330 g/mol. The number of nitrogens with one attached hydrogen (secondary N) is 1. The largest absolute Gasteiger partial charge is 0.411 e. The Bertz CT molecular complexity index is 829. The summed E-state index contributed by atoms with van der Waals surface area (Å²) in [6.45, 7) is 0.410. The number of sulfonamides is 1. The molecule has 0 heterocycles. The number of rotatable bonds is 6. The lowest BCUT2D eigenvalue weighted by molar-refractivity contribution is 0.0954. The second kappa shape index (κ2) is 7.71. The molecule has 0 saturated heterocycles. The Morgan fingerprint density at radius 2 is 1.75 bits per heavy atom. The highest BCUT2D eigenvalue weighted by molar-refractivity contribution is 7.89. The van der Waals surface area contributed by atoms with Crippen molar-refractivity contribution < 1.29 is 18.4 Å². The maximum absolute atomic E-state index is 12.0. The van der Waals surface area contributed by atoms with Crippen LogP contribution in [0.3, 0.4) is 0 Å². The first-order chi connectivity index (χ1) is 11.4. The van der Waals surface area contributed by atoms with Gasteiger partial charge in [0.15, 0.2) is 0 Å². The summed E-state index contributed by atoms with van der Waals surface area (Å²) in [4.78, 5) is 12.1. The van der Waals surface area contributed by atoms with Crippen molar-refractivity contribution >= 4 is 22.1 Å². The van der Waals surface area contributed by atoms with E-state index >= 15 is 0 Å². The fourth-order valence-electron chi connectivity index (χ4n) is 2.06. The predicted molar refractivity (Wildman–Crippen MR) is 89.7 cm³/mol. The third kappa shape index (κ3) is 4.90. The maximum atomic E-state index is 12.0. The number of hydrogen-bond acceptors (Lipinski definition) is 5. The van der Waals surface area contributed by atoms with Gasteiger partial charge in [0.25, 0.3) is 5.91 Å². The number of amides is 1. The Morgan fingerprint density at radius 1 is 1.12 bits per heavy atom. The van der Waals surface area contributed by atoms with Crippen LogP contribution in [0.1, 0.15) is 21.5 Å². The minimum absolute atomic E-state index is 0.0572. The molecular formula is C16H17N3O4S. The fourth-order valence-corrected chi connectivity index (χ4v) is 2.57. The van der Waals surface area contributed by atoms with Crippen molar-refractivity contribution in [1.29, 1.82) is 0 Å². The van der Waals surface area contributed by atoms with E-state index < -0.39 is 10.0 Å². The van der Waals surface area contributed by atoms with Crippen LogP contribution in [0.2, 0.25) is 0 Å². The lowest BCUT2D eigenvalue weighted by atomic mass is 10.1. The number of benzene rings is 2. The molecule has 0 spiro atoms. The predicted octanol–water partition coefficient (Wildman–Crippen LogP) is 1.11. The molecule has 0 unspecified atom stereocenters. The van der Waals surface area contributed by atoms with E-state index in [1.165, 1.54) is 18.3 Å². The van der Waals surface area contributed by atoms with E-state index in [1.807, 2.05) is 0 Å². The number of primary sulfonamides is 1. The average molecular weight is 347 g/mol. The first kappa shape index (κ1) is 17.6. The van der Waals surface area contributed by atoms with Crippen LogP contribution in [0.15, 0.2) is 58.6 Å². The van der Waals surface area contributed by atoms with Crippen LogP contribution in [0.25, 0.3) is 0 Å². The van der Waals surface area contributed by atoms with E-state index in [0.29, 0.717) is 24.1 Å². The van der Waals surface area contributed by atoms with Gasteiger partial charge in [-0.2, -0.15) is 0 Å². The highest BCUT2D eigenvalue weighted by Crippen LogP contribution is 2.09. The first-order valence-electron chi connectivity index (χ1n) is 7.07. The molecule has 7 nitrogen and oxygen atoms in total. The van der Waals surface area contributed by atoms with Crippen molar-refractivity contribution in [2.24, 2.45) is 10.3 Å². The summed E-state index contributed by atoms with van der Waals surface area (Å²) in [6.07, 6.45) is 1.83. The Kier molecular flexibility index (Phi) is 5.67. The van der Waals surface area contributed by atoms with Gasteiger partial charge in [0.2, 0.25) is 10.0 Å². The summed E-state index contributed by atoms with van der Waals surface area (Å²) in [5.74, 6) is -0.219. The molecule has 0 radical (unpaired) electrons. The van der Waals surface area contributed by atoms with E-state index in [9.17, 15) is 13.2 Å². The van der Waals surface area contributed by atoms with Gasteiger partial charge in [-0.3, -0.25) is 4.79 Å². The Morgan fingerprint density at radius 3 is 2.29 bits per heavy atom. The first-order valence-corrected chi connectivity index (χ1v) is 8.62. The standard InChI is InChI=1S/C16H17N3O4S/c17-24(22,23)15-7-3-12(4-8-15)9-10-18-16(20)14-5-1-13(2-6-14)11-19-21/h1-8,11,21H,9-10H2,(H,18,20)(H2,17,22,23)/b19-11-. The van der Waals surface area contributed by atoms with Crippen LogP contribution in [0, 0.1) is 0 Å². The third-order valence-corrected chi connectivity index (χ3v) is 4.26. The van der Waals surface area contributed by atoms with Crippen molar-refractivity contribution in [3.05, 3.63) is 65.2 Å². The molecule has 0 atom stereocenters. The lowest BCUT2D eigenvalue weighted by Crippen LogP contribution is -2.25. The van der Waals surface area contributed by atoms with Crippen LogP contribution in [-0.2, 0) is 16.4 Å². The molecule has 0 aromatic heterocycles. The summed E-state index contributed by atoms with van der Waals surface area (Å²) in [5.41, 5.74) is 2.07. The van der Waals surface area contributed by atoms with Gasteiger partial charge in [0.1, 0.15) is 0 Å².